The average Bonchev–Trinajstić information content (AvgIpc) is 2.37. The molecule has 0 spiro atoms. The second-order valence-corrected chi connectivity index (χ2v) is 5.31. The predicted molar refractivity (Wildman–Crippen MR) is 75.1 cm³/mol. The lowest BCUT2D eigenvalue weighted by Gasteiger charge is -2.36. The molecule has 0 aliphatic carbocycles. The van der Waals surface area contributed by atoms with Crippen LogP contribution in [-0.4, -0.2) is 43.1 Å². The van der Waals surface area contributed by atoms with E-state index in [0.717, 1.165) is 24.2 Å². The van der Waals surface area contributed by atoms with Crippen molar-refractivity contribution in [2.24, 2.45) is 0 Å². The number of carbonyl (C=O) groups is 1. The van der Waals surface area contributed by atoms with Gasteiger partial charge in [0.2, 0.25) is 0 Å². The zero-order valence-corrected chi connectivity index (χ0v) is 11.8. The molecule has 1 aromatic rings. The fourth-order valence-electron chi connectivity index (χ4n) is 2.64. The Bertz CT molecular complexity index is 438. The van der Waals surface area contributed by atoms with Crippen LogP contribution < -0.4 is 5.32 Å². The zero-order valence-electron chi connectivity index (χ0n) is 11.8. The Morgan fingerprint density at radius 1 is 1.37 bits per heavy atom. The number of rotatable bonds is 3. The van der Waals surface area contributed by atoms with Gasteiger partial charge in [-0.1, -0.05) is 12.1 Å². The molecule has 1 saturated heterocycles. The molecule has 1 amide bonds. The first-order valence-electron chi connectivity index (χ1n) is 6.73. The van der Waals surface area contributed by atoms with Crippen molar-refractivity contribution in [3.63, 3.8) is 0 Å². The highest BCUT2D eigenvalue weighted by molar-refractivity contribution is 5.94. The zero-order chi connectivity index (χ0) is 13.8. The van der Waals surface area contributed by atoms with Crippen molar-refractivity contribution in [2.75, 3.05) is 20.2 Å². The van der Waals surface area contributed by atoms with Crippen molar-refractivity contribution in [1.29, 1.82) is 0 Å². The number of methoxy groups -OCH3 is 1. The Balaban J connectivity index is 2.12. The summed E-state index contributed by atoms with van der Waals surface area (Å²) in [6.45, 7) is 6.28. The predicted octanol–water partition coefficient (Wildman–Crippen LogP) is 1.66. The van der Waals surface area contributed by atoms with E-state index >= 15 is 0 Å². The highest BCUT2D eigenvalue weighted by atomic mass is 16.5. The van der Waals surface area contributed by atoms with Crippen LogP contribution in [0.25, 0.3) is 0 Å². The van der Waals surface area contributed by atoms with Crippen LogP contribution >= 0.6 is 0 Å². The summed E-state index contributed by atoms with van der Waals surface area (Å²) in [4.78, 5) is 14.4. The van der Waals surface area contributed by atoms with Gasteiger partial charge in [0, 0.05) is 37.8 Å². The largest absolute Gasteiger partial charge is 0.380 e. The minimum atomic E-state index is 0.109. The highest BCUT2D eigenvalue weighted by Gasteiger charge is 2.25. The van der Waals surface area contributed by atoms with Gasteiger partial charge in [-0.2, -0.15) is 0 Å². The minimum absolute atomic E-state index is 0.109. The molecule has 1 N–H and O–H groups in total. The molecule has 1 aromatic carbocycles. The molecule has 2 atom stereocenters. The Labute approximate surface area is 114 Å². The smallest absolute Gasteiger partial charge is 0.253 e. The molecule has 1 fully saturated rings. The third-order valence-electron chi connectivity index (χ3n) is 3.33. The molecular weight excluding hydrogens is 240 g/mol. The minimum Gasteiger partial charge on any atom is -0.380 e. The molecule has 1 heterocycles. The summed E-state index contributed by atoms with van der Waals surface area (Å²) >= 11 is 0. The van der Waals surface area contributed by atoms with E-state index in [1.165, 1.54) is 0 Å². The van der Waals surface area contributed by atoms with Crippen molar-refractivity contribution in [1.82, 2.24) is 10.2 Å². The third-order valence-corrected chi connectivity index (χ3v) is 3.33. The van der Waals surface area contributed by atoms with E-state index in [2.05, 4.69) is 19.2 Å². The van der Waals surface area contributed by atoms with Gasteiger partial charge in [0.1, 0.15) is 0 Å². The molecule has 1 aliphatic heterocycles. The SMILES string of the molecule is COCc1cccc(C(=O)N2C[C@@H](C)N[C@@H](C)C2)c1. The monoisotopic (exact) mass is 262 g/mol. The molecule has 0 bridgehead atoms. The van der Waals surface area contributed by atoms with E-state index in [4.69, 9.17) is 4.74 Å². The van der Waals surface area contributed by atoms with Crippen LogP contribution in [0.4, 0.5) is 0 Å². The fourth-order valence-corrected chi connectivity index (χ4v) is 2.64. The van der Waals surface area contributed by atoms with Gasteiger partial charge in [-0.25, -0.2) is 0 Å². The first-order chi connectivity index (χ1) is 9.10. The second-order valence-electron chi connectivity index (χ2n) is 5.31. The molecule has 0 saturated carbocycles. The lowest BCUT2D eigenvalue weighted by Crippen LogP contribution is -2.55. The number of hydrogen-bond acceptors (Lipinski definition) is 3. The van der Waals surface area contributed by atoms with Crippen molar-refractivity contribution >= 4 is 5.91 Å². The van der Waals surface area contributed by atoms with Gasteiger partial charge in [-0.05, 0) is 31.5 Å². The summed E-state index contributed by atoms with van der Waals surface area (Å²) in [6, 6.07) is 8.37. The van der Waals surface area contributed by atoms with E-state index in [-0.39, 0.29) is 5.91 Å². The van der Waals surface area contributed by atoms with E-state index in [1.54, 1.807) is 7.11 Å². The van der Waals surface area contributed by atoms with Crippen LogP contribution in [0.3, 0.4) is 0 Å². The van der Waals surface area contributed by atoms with Crippen LogP contribution in [0, 0.1) is 0 Å². The normalized spacial score (nSPS) is 23.4. The van der Waals surface area contributed by atoms with Crippen molar-refractivity contribution < 1.29 is 9.53 Å². The molecule has 2 rings (SSSR count). The maximum Gasteiger partial charge on any atom is 0.253 e. The molecule has 0 unspecified atom stereocenters. The summed E-state index contributed by atoms with van der Waals surface area (Å²) in [5.41, 5.74) is 1.78. The van der Waals surface area contributed by atoms with Gasteiger partial charge >= 0.3 is 0 Å². The second kappa shape index (κ2) is 6.17. The number of nitrogens with one attached hydrogen (secondary N) is 1. The van der Waals surface area contributed by atoms with Gasteiger partial charge in [0.15, 0.2) is 0 Å². The standard InChI is InChI=1S/C15H22N2O2/c1-11-8-17(9-12(2)16-11)15(18)14-6-4-5-13(7-14)10-19-3/h4-7,11-12,16H,8-10H2,1-3H3/t11-,12+. The molecule has 4 heteroatoms. The summed E-state index contributed by atoms with van der Waals surface area (Å²) < 4.78 is 5.11. The molecule has 19 heavy (non-hydrogen) atoms. The summed E-state index contributed by atoms with van der Waals surface area (Å²) in [6.07, 6.45) is 0. The highest BCUT2D eigenvalue weighted by Crippen LogP contribution is 2.12. The van der Waals surface area contributed by atoms with Crippen molar-refractivity contribution in [2.45, 2.75) is 32.5 Å². The number of piperazine rings is 1. The Morgan fingerprint density at radius 2 is 2.05 bits per heavy atom. The molecule has 104 valence electrons. The van der Waals surface area contributed by atoms with Crippen LogP contribution in [0.5, 0.6) is 0 Å². The summed E-state index contributed by atoms with van der Waals surface area (Å²) in [5.74, 6) is 0.109. The topological polar surface area (TPSA) is 41.6 Å². The lowest BCUT2D eigenvalue weighted by molar-refractivity contribution is 0.0673. The number of nitrogens with zero attached hydrogens (tertiary/aromatic N) is 1. The van der Waals surface area contributed by atoms with Crippen LogP contribution in [0.2, 0.25) is 0 Å². The van der Waals surface area contributed by atoms with Gasteiger partial charge in [-0.15, -0.1) is 0 Å². The average molecular weight is 262 g/mol. The maximum absolute atomic E-state index is 12.5. The lowest BCUT2D eigenvalue weighted by atomic mass is 10.1. The molecule has 4 nitrogen and oxygen atoms in total. The maximum atomic E-state index is 12.5. The van der Waals surface area contributed by atoms with Crippen molar-refractivity contribution in [3.05, 3.63) is 35.4 Å². The first kappa shape index (κ1) is 14.0. The van der Waals surface area contributed by atoms with Gasteiger partial charge in [0.25, 0.3) is 5.91 Å². The van der Waals surface area contributed by atoms with E-state index in [1.807, 2.05) is 29.2 Å². The quantitative estimate of drug-likeness (QED) is 0.900. The number of hydrogen-bond donors (Lipinski definition) is 1. The van der Waals surface area contributed by atoms with Gasteiger partial charge in [-0.3, -0.25) is 4.79 Å². The van der Waals surface area contributed by atoms with Crippen LogP contribution in [-0.2, 0) is 11.3 Å². The van der Waals surface area contributed by atoms with E-state index in [0.29, 0.717) is 18.7 Å². The van der Waals surface area contributed by atoms with Crippen molar-refractivity contribution in [3.8, 4) is 0 Å². The first-order valence-corrected chi connectivity index (χ1v) is 6.73. The van der Waals surface area contributed by atoms with Crippen LogP contribution in [0.15, 0.2) is 24.3 Å². The van der Waals surface area contributed by atoms with Crippen LogP contribution in [0.1, 0.15) is 29.8 Å². The van der Waals surface area contributed by atoms with Gasteiger partial charge < -0.3 is 15.0 Å². The molecule has 0 radical (unpaired) electrons. The number of ether oxygens (including phenoxy) is 1. The molecular formula is C15H22N2O2. The number of amides is 1. The van der Waals surface area contributed by atoms with E-state index in [9.17, 15) is 4.79 Å². The Hall–Kier alpha value is -1.39. The number of carbonyl (C=O) groups excluding carboxylic acids is 1. The fraction of sp³-hybridized carbons (Fsp3) is 0.533. The van der Waals surface area contributed by atoms with E-state index < -0.39 is 0 Å². The summed E-state index contributed by atoms with van der Waals surface area (Å²) in [7, 11) is 1.66. The summed E-state index contributed by atoms with van der Waals surface area (Å²) in [5, 5.41) is 3.43. The Kier molecular flexibility index (Phi) is 4.56. The van der Waals surface area contributed by atoms with Gasteiger partial charge in [0.05, 0.1) is 6.61 Å². The third kappa shape index (κ3) is 3.55. The molecule has 0 aromatic heterocycles. The number of benzene rings is 1. The molecule has 1 aliphatic rings. The Morgan fingerprint density at radius 3 is 2.68 bits per heavy atom.